The molecule has 3 nitrogen and oxygen atoms in total. The van der Waals surface area contributed by atoms with Crippen molar-refractivity contribution in [3.8, 4) is 0 Å². The Balaban J connectivity index is 1.53. The topological polar surface area (TPSA) is 46.5 Å². The van der Waals surface area contributed by atoms with Gasteiger partial charge in [0.1, 0.15) is 12.7 Å². The van der Waals surface area contributed by atoms with E-state index in [-0.39, 0.29) is 6.10 Å². The molecule has 4 saturated carbocycles. The molecule has 17 heavy (non-hydrogen) atoms. The summed E-state index contributed by atoms with van der Waals surface area (Å²) in [7, 11) is 0. The average molecular weight is 236 g/mol. The lowest BCUT2D eigenvalue weighted by Gasteiger charge is -2.38. The summed E-state index contributed by atoms with van der Waals surface area (Å²) < 4.78 is 5.42. The highest BCUT2D eigenvalue weighted by Gasteiger charge is 2.63. The number of fused-ring (bicyclic) bond motifs is 9. The molecule has 1 N–H and O–H groups in total. The molecule has 0 heterocycles. The van der Waals surface area contributed by atoms with Crippen LogP contribution in [0.5, 0.6) is 0 Å². The molecule has 0 saturated heterocycles. The molecule has 0 aliphatic heterocycles. The maximum Gasteiger partial charge on any atom is 0.332 e. The highest BCUT2D eigenvalue weighted by Crippen LogP contribution is 2.67. The monoisotopic (exact) mass is 236 g/mol. The summed E-state index contributed by atoms with van der Waals surface area (Å²) in [5.41, 5.74) is 0. The second-order valence-electron chi connectivity index (χ2n) is 6.57. The van der Waals surface area contributed by atoms with E-state index >= 15 is 0 Å². The lowest BCUT2D eigenvalue weighted by molar-refractivity contribution is -0.157. The fraction of sp³-hybridized carbons (Fsp3) is 0.929. The first-order chi connectivity index (χ1) is 8.28. The standard InChI is InChI=1S/C14H20O3/c15-6-12(16)17-11-5-9-4-10(11)14-8-2-1-7(3-8)13(9)14/h7-11,13-15H,1-6H2. The molecule has 0 amide bonds. The van der Waals surface area contributed by atoms with Gasteiger partial charge in [0, 0.05) is 0 Å². The number of hydrogen-bond donors (Lipinski definition) is 1. The summed E-state index contributed by atoms with van der Waals surface area (Å²) in [6, 6.07) is 0. The maximum absolute atomic E-state index is 11.2. The van der Waals surface area contributed by atoms with Crippen LogP contribution in [0.3, 0.4) is 0 Å². The van der Waals surface area contributed by atoms with E-state index in [9.17, 15) is 4.79 Å². The van der Waals surface area contributed by atoms with Crippen LogP contribution in [0.4, 0.5) is 0 Å². The van der Waals surface area contributed by atoms with Crippen LogP contribution < -0.4 is 0 Å². The summed E-state index contributed by atoms with van der Waals surface area (Å²) in [5, 5.41) is 8.78. The van der Waals surface area contributed by atoms with Gasteiger partial charge in [-0.25, -0.2) is 4.79 Å². The van der Waals surface area contributed by atoms with Gasteiger partial charge >= 0.3 is 5.97 Å². The van der Waals surface area contributed by atoms with E-state index in [4.69, 9.17) is 9.84 Å². The molecule has 7 unspecified atom stereocenters. The molecule has 0 aromatic carbocycles. The molecule has 94 valence electrons. The number of aliphatic hydroxyl groups excluding tert-OH is 1. The number of carbonyl (C=O) groups is 1. The quantitative estimate of drug-likeness (QED) is 0.585. The van der Waals surface area contributed by atoms with Crippen molar-refractivity contribution < 1.29 is 14.6 Å². The first-order valence-electron chi connectivity index (χ1n) is 7.08. The molecular weight excluding hydrogens is 216 g/mol. The number of hydrogen-bond acceptors (Lipinski definition) is 3. The predicted octanol–water partition coefficient (Wildman–Crippen LogP) is 1.59. The van der Waals surface area contributed by atoms with E-state index in [0.717, 1.165) is 36.0 Å². The van der Waals surface area contributed by atoms with E-state index in [1.54, 1.807) is 0 Å². The van der Waals surface area contributed by atoms with Gasteiger partial charge in [0.05, 0.1) is 0 Å². The van der Waals surface area contributed by atoms with Crippen molar-refractivity contribution >= 4 is 5.97 Å². The van der Waals surface area contributed by atoms with E-state index in [1.807, 2.05) is 0 Å². The van der Waals surface area contributed by atoms with Crippen molar-refractivity contribution in [1.29, 1.82) is 0 Å². The minimum atomic E-state index is -0.464. The molecule has 7 atom stereocenters. The van der Waals surface area contributed by atoms with Crippen LogP contribution in [0.25, 0.3) is 0 Å². The van der Waals surface area contributed by atoms with Crippen molar-refractivity contribution in [3.05, 3.63) is 0 Å². The number of carbonyl (C=O) groups excluding carboxylic acids is 1. The highest BCUT2D eigenvalue weighted by molar-refractivity contribution is 5.70. The Bertz CT molecular complexity index is 353. The summed E-state index contributed by atoms with van der Waals surface area (Å²) >= 11 is 0. The molecule has 4 fully saturated rings. The Morgan fingerprint density at radius 2 is 1.82 bits per heavy atom. The molecule has 0 aromatic rings. The van der Waals surface area contributed by atoms with Crippen LogP contribution in [0, 0.1) is 35.5 Å². The van der Waals surface area contributed by atoms with Crippen molar-refractivity contribution in [2.75, 3.05) is 6.61 Å². The van der Waals surface area contributed by atoms with Crippen LogP contribution in [-0.2, 0) is 9.53 Å². The van der Waals surface area contributed by atoms with Gasteiger partial charge in [-0.15, -0.1) is 0 Å². The summed E-state index contributed by atoms with van der Waals surface area (Å²) in [6.45, 7) is -0.464. The molecule has 4 rings (SSSR count). The average Bonchev–Trinajstić information content (AvgIpc) is 3.06. The number of esters is 1. The first kappa shape index (κ1) is 10.4. The third kappa shape index (κ3) is 1.29. The zero-order valence-electron chi connectivity index (χ0n) is 10.0. The minimum absolute atomic E-state index is 0.125. The number of aliphatic hydroxyl groups is 1. The van der Waals surface area contributed by atoms with Gasteiger partial charge in [0.2, 0.25) is 0 Å². The Labute approximate surface area is 102 Å². The van der Waals surface area contributed by atoms with Crippen LogP contribution in [-0.4, -0.2) is 23.8 Å². The molecule has 0 spiro atoms. The smallest absolute Gasteiger partial charge is 0.332 e. The number of rotatable bonds is 2. The van der Waals surface area contributed by atoms with E-state index in [1.165, 1.54) is 25.7 Å². The molecular formula is C14H20O3. The molecule has 0 radical (unpaired) electrons. The summed E-state index contributed by atoms with van der Waals surface area (Å²) in [6.07, 6.45) is 6.79. The molecule has 4 bridgehead atoms. The van der Waals surface area contributed by atoms with Crippen LogP contribution >= 0.6 is 0 Å². The second kappa shape index (κ2) is 3.47. The zero-order valence-corrected chi connectivity index (χ0v) is 10.0. The maximum atomic E-state index is 11.2. The van der Waals surface area contributed by atoms with E-state index < -0.39 is 12.6 Å². The molecule has 4 aliphatic rings. The molecule has 3 heteroatoms. The van der Waals surface area contributed by atoms with Gasteiger partial charge < -0.3 is 9.84 Å². The van der Waals surface area contributed by atoms with Gasteiger partial charge in [0.25, 0.3) is 0 Å². The molecule has 4 aliphatic carbocycles. The highest BCUT2D eigenvalue weighted by atomic mass is 16.6. The van der Waals surface area contributed by atoms with Crippen LogP contribution in [0.15, 0.2) is 0 Å². The minimum Gasteiger partial charge on any atom is -0.460 e. The SMILES string of the molecule is O=C(CO)OC1CC2CC1C1C3CCC(C3)C21. The third-order valence-corrected chi connectivity index (χ3v) is 6.09. The van der Waals surface area contributed by atoms with Crippen LogP contribution in [0.2, 0.25) is 0 Å². The Hall–Kier alpha value is -0.570. The molecule has 0 aromatic heterocycles. The van der Waals surface area contributed by atoms with Crippen LogP contribution in [0.1, 0.15) is 32.1 Å². The van der Waals surface area contributed by atoms with Gasteiger partial charge in [-0.1, -0.05) is 0 Å². The predicted molar refractivity (Wildman–Crippen MR) is 61.0 cm³/mol. The fourth-order valence-corrected chi connectivity index (χ4v) is 5.85. The second-order valence-corrected chi connectivity index (χ2v) is 6.57. The van der Waals surface area contributed by atoms with Crippen molar-refractivity contribution in [2.24, 2.45) is 35.5 Å². The third-order valence-electron chi connectivity index (χ3n) is 6.09. The van der Waals surface area contributed by atoms with Crippen molar-refractivity contribution in [3.63, 3.8) is 0 Å². The van der Waals surface area contributed by atoms with E-state index in [2.05, 4.69) is 0 Å². The van der Waals surface area contributed by atoms with Gasteiger partial charge in [0.15, 0.2) is 0 Å². The zero-order chi connectivity index (χ0) is 11.6. The van der Waals surface area contributed by atoms with Crippen molar-refractivity contribution in [1.82, 2.24) is 0 Å². The summed E-state index contributed by atoms with van der Waals surface area (Å²) in [4.78, 5) is 11.2. The Kier molecular flexibility index (Phi) is 2.11. The Morgan fingerprint density at radius 3 is 2.59 bits per heavy atom. The van der Waals surface area contributed by atoms with E-state index in [0.29, 0.717) is 5.92 Å². The normalized spacial score (nSPS) is 54.1. The fourth-order valence-electron chi connectivity index (χ4n) is 5.85. The number of ether oxygens (including phenoxy) is 1. The van der Waals surface area contributed by atoms with Crippen molar-refractivity contribution in [2.45, 2.75) is 38.2 Å². The van der Waals surface area contributed by atoms with Gasteiger partial charge in [-0.05, 0) is 67.6 Å². The first-order valence-corrected chi connectivity index (χ1v) is 7.08. The van der Waals surface area contributed by atoms with Gasteiger partial charge in [-0.2, -0.15) is 0 Å². The van der Waals surface area contributed by atoms with Gasteiger partial charge in [-0.3, -0.25) is 0 Å². The largest absolute Gasteiger partial charge is 0.460 e. The summed E-state index contributed by atoms with van der Waals surface area (Å²) in [5.74, 6) is 4.74. The lowest BCUT2D eigenvalue weighted by Crippen LogP contribution is -2.37. The Morgan fingerprint density at radius 1 is 1.06 bits per heavy atom. The lowest BCUT2D eigenvalue weighted by atomic mass is 9.70.